The average Bonchev–Trinajstić information content (AvgIpc) is 3.25. The molecule has 5 aromatic rings. The zero-order chi connectivity index (χ0) is 22.8. The Morgan fingerprint density at radius 3 is 1.76 bits per heavy atom. The lowest BCUT2D eigenvalue weighted by molar-refractivity contribution is 0.844. The highest BCUT2D eigenvalue weighted by Gasteiger charge is 2.23. The summed E-state index contributed by atoms with van der Waals surface area (Å²) in [5.74, 6) is 1.11. The smallest absolute Gasteiger partial charge is 0.205 e. The quantitative estimate of drug-likeness (QED) is 0.247. The van der Waals surface area contributed by atoms with Gasteiger partial charge in [0.25, 0.3) is 0 Å². The molecule has 5 rings (SSSR count). The molecule has 0 radical (unpaired) electrons. The molecule has 162 valence electrons. The summed E-state index contributed by atoms with van der Waals surface area (Å²) in [5, 5.41) is 8.96. The molecule has 1 heterocycles. The van der Waals surface area contributed by atoms with E-state index in [4.69, 9.17) is 0 Å². The topological polar surface area (TPSA) is 30.7 Å². The molecule has 0 saturated heterocycles. The molecular formula is C29H24BrN3. The summed E-state index contributed by atoms with van der Waals surface area (Å²) in [6.45, 7) is 4.48. The van der Waals surface area contributed by atoms with E-state index in [1.54, 1.807) is 0 Å². The monoisotopic (exact) mass is 493 g/mol. The second kappa shape index (κ2) is 9.16. The van der Waals surface area contributed by atoms with E-state index in [0.29, 0.717) is 10.7 Å². The van der Waals surface area contributed by atoms with Crippen molar-refractivity contribution in [2.75, 3.05) is 0 Å². The number of rotatable bonds is 5. The number of benzene rings is 4. The fraction of sp³-hybridized carbons (Fsp3) is 0.103. The first-order chi connectivity index (χ1) is 16.1. The van der Waals surface area contributed by atoms with Crippen molar-refractivity contribution >= 4 is 15.9 Å². The second-order valence-electron chi connectivity index (χ2n) is 8.34. The van der Waals surface area contributed by atoms with Crippen LogP contribution in [0.25, 0.3) is 39.3 Å². The summed E-state index contributed by atoms with van der Waals surface area (Å²) in [6.07, 6.45) is 0. The van der Waals surface area contributed by atoms with Crippen LogP contribution in [0.15, 0.2) is 108 Å². The Bertz CT molecular complexity index is 1380. The summed E-state index contributed by atoms with van der Waals surface area (Å²) < 4.78 is 2.83. The molecule has 0 aliphatic carbocycles. The van der Waals surface area contributed by atoms with Crippen LogP contribution in [0.5, 0.6) is 0 Å². The van der Waals surface area contributed by atoms with Crippen molar-refractivity contribution in [1.82, 2.24) is 14.8 Å². The normalized spacial score (nSPS) is 11.2. The average molecular weight is 494 g/mol. The molecule has 0 unspecified atom stereocenters. The van der Waals surface area contributed by atoms with Crippen molar-refractivity contribution in [1.29, 1.82) is 0 Å². The zero-order valence-electron chi connectivity index (χ0n) is 18.6. The van der Waals surface area contributed by atoms with E-state index in [2.05, 4.69) is 129 Å². The number of halogens is 1. The van der Waals surface area contributed by atoms with Crippen molar-refractivity contribution in [3.05, 3.63) is 113 Å². The van der Waals surface area contributed by atoms with Gasteiger partial charge in [0.05, 0.1) is 5.69 Å². The molecule has 1 aromatic heterocycles. The third kappa shape index (κ3) is 4.14. The van der Waals surface area contributed by atoms with Gasteiger partial charge in [-0.05, 0) is 56.2 Å². The number of hydrogen-bond donors (Lipinski definition) is 0. The minimum absolute atomic E-state index is 0.295. The molecule has 4 aromatic carbocycles. The Kier molecular flexibility index (Phi) is 5.93. The van der Waals surface area contributed by atoms with E-state index in [-0.39, 0.29) is 0 Å². The predicted molar refractivity (Wildman–Crippen MR) is 139 cm³/mol. The van der Waals surface area contributed by atoms with Gasteiger partial charge in [-0.2, -0.15) is 0 Å². The van der Waals surface area contributed by atoms with Gasteiger partial charge in [-0.25, -0.2) is 0 Å². The summed E-state index contributed by atoms with van der Waals surface area (Å²) in [6, 6.07) is 35.9. The van der Waals surface area contributed by atoms with Crippen molar-refractivity contribution < 1.29 is 0 Å². The highest BCUT2D eigenvalue weighted by atomic mass is 79.9. The van der Waals surface area contributed by atoms with E-state index >= 15 is 0 Å². The molecule has 0 atom stereocenters. The van der Waals surface area contributed by atoms with Crippen LogP contribution in [0.4, 0.5) is 0 Å². The van der Waals surface area contributed by atoms with Crippen LogP contribution in [-0.4, -0.2) is 14.8 Å². The van der Waals surface area contributed by atoms with Crippen LogP contribution in [0.1, 0.15) is 25.3 Å². The largest absolute Gasteiger partial charge is 0.269 e. The summed E-state index contributed by atoms with van der Waals surface area (Å²) in [5.41, 5.74) is 8.09. The predicted octanol–water partition coefficient (Wildman–Crippen LogP) is 8.15. The Morgan fingerprint density at radius 2 is 1.18 bits per heavy atom. The maximum Gasteiger partial charge on any atom is 0.205 e. The first-order valence-electron chi connectivity index (χ1n) is 11.1. The third-order valence-electron chi connectivity index (χ3n) is 5.83. The molecular weight excluding hydrogens is 470 g/mol. The summed E-state index contributed by atoms with van der Waals surface area (Å²) >= 11 is 3.69. The van der Waals surface area contributed by atoms with Crippen LogP contribution < -0.4 is 0 Å². The van der Waals surface area contributed by atoms with Gasteiger partial charge >= 0.3 is 0 Å². The number of aromatic nitrogens is 3. The van der Waals surface area contributed by atoms with Crippen LogP contribution in [0, 0.1) is 0 Å². The van der Waals surface area contributed by atoms with Gasteiger partial charge in [0, 0.05) is 11.1 Å². The Hall–Kier alpha value is -3.50. The summed E-state index contributed by atoms with van der Waals surface area (Å²) in [4.78, 5) is 0. The lowest BCUT2D eigenvalue weighted by atomic mass is 9.89. The molecule has 33 heavy (non-hydrogen) atoms. The van der Waals surface area contributed by atoms with E-state index in [9.17, 15) is 0 Å². The van der Waals surface area contributed by atoms with Gasteiger partial charge < -0.3 is 0 Å². The van der Waals surface area contributed by atoms with Gasteiger partial charge in [0.2, 0.25) is 4.73 Å². The van der Waals surface area contributed by atoms with Gasteiger partial charge in [0.1, 0.15) is 0 Å². The second-order valence-corrected chi connectivity index (χ2v) is 9.05. The van der Waals surface area contributed by atoms with Gasteiger partial charge in [-0.15, -0.1) is 10.2 Å². The molecule has 0 aliphatic heterocycles. The Balaban J connectivity index is 1.86. The number of hydrogen-bond acceptors (Lipinski definition) is 2. The van der Waals surface area contributed by atoms with Crippen molar-refractivity contribution in [2.24, 2.45) is 0 Å². The van der Waals surface area contributed by atoms with Crippen molar-refractivity contribution in [3.63, 3.8) is 0 Å². The maximum atomic E-state index is 4.54. The zero-order valence-corrected chi connectivity index (χ0v) is 20.2. The molecule has 0 N–H and O–H groups in total. The molecule has 0 bridgehead atoms. The van der Waals surface area contributed by atoms with Crippen LogP contribution in [-0.2, 0) is 0 Å². The molecule has 0 fully saturated rings. The SMILES string of the molecule is CC(C)c1cc(-c2ccccc2)cc(-c2ccccc2)c1-n1c(Br)nnc1-c1ccccc1. The first-order valence-corrected chi connectivity index (χ1v) is 11.9. The van der Waals surface area contributed by atoms with Crippen LogP contribution in [0.2, 0.25) is 0 Å². The molecule has 0 amide bonds. The van der Waals surface area contributed by atoms with E-state index < -0.39 is 0 Å². The van der Waals surface area contributed by atoms with Gasteiger partial charge in [-0.3, -0.25) is 4.57 Å². The molecule has 0 spiro atoms. The third-order valence-corrected chi connectivity index (χ3v) is 6.35. The van der Waals surface area contributed by atoms with Gasteiger partial charge in [-0.1, -0.05) is 105 Å². The van der Waals surface area contributed by atoms with Crippen molar-refractivity contribution in [3.8, 4) is 39.3 Å². The van der Waals surface area contributed by atoms with E-state index in [1.807, 2.05) is 18.2 Å². The highest BCUT2D eigenvalue weighted by Crippen LogP contribution is 2.40. The lowest BCUT2D eigenvalue weighted by Gasteiger charge is -2.22. The fourth-order valence-corrected chi connectivity index (χ4v) is 4.64. The van der Waals surface area contributed by atoms with Crippen LogP contribution in [0.3, 0.4) is 0 Å². The minimum atomic E-state index is 0.295. The minimum Gasteiger partial charge on any atom is -0.269 e. The number of nitrogens with zero attached hydrogens (tertiary/aromatic N) is 3. The van der Waals surface area contributed by atoms with Crippen molar-refractivity contribution in [2.45, 2.75) is 19.8 Å². The molecule has 0 saturated carbocycles. The first kappa shape index (κ1) is 21.4. The lowest BCUT2D eigenvalue weighted by Crippen LogP contribution is -2.07. The van der Waals surface area contributed by atoms with Gasteiger partial charge in [0.15, 0.2) is 5.82 Å². The van der Waals surface area contributed by atoms with Crippen LogP contribution >= 0.6 is 15.9 Å². The standard InChI is InChI=1S/C29H24BrN3/c1-20(2)25-18-24(21-12-6-3-7-13-21)19-26(22-14-8-4-9-15-22)27(25)33-28(31-32-29(33)30)23-16-10-5-11-17-23/h3-20H,1-2H3. The summed E-state index contributed by atoms with van der Waals surface area (Å²) in [7, 11) is 0. The highest BCUT2D eigenvalue weighted by molar-refractivity contribution is 9.10. The van der Waals surface area contributed by atoms with E-state index in [0.717, 1.165) is 28.2 Å². The maximum absolute atomic E-state index is 4.54. The molecule has 3 nitrogen and oxygen atoms in total. The fourth-order valence-electron chi connectivity index (χ4n) is 4.22. The Morgan fingerprint density at radius 1 is 0.636 bits per heavy atom. The molecule has 0 aliphatic rings. The van der Waals surface area contributed by atoms with E-state index in [1.165, 1.54) is 16.7 Å². The Labute approximate surface area is 202 Å². The molecule has 4 heteroatoms.